The highest BCUT2D eigenvalue weighted by Gasteiger charge is 2.51. The molecule has 0 heterocycles. The van der Waals surface area contributed by atoms with E-state index < -0.39 is 11.6 Å². The van der Waals surface area contributed by atoms with Crippen molar-refractivity contribution in [2.45, 2.75) is 25.9 Å². The molecule has 1 fully saturated rings. The lowest BCUT2D eigenvalue weighted by atomic mass is 10.0. The van der Waals surface area contributed by atoms with Gasteiger partial charge in [0.1, 0.15) is 0 Å². The number of carbonyl (C=O) groups is 1. The van der Waals surface area contributed by atoms with Crippen LogP contribution in [-0.2, 0) is 4.79 Å². The summed E-state index contributed by atoms with van der Waals surface area (Å²) in [5, 5.41) is 17.8. The maximum Gasteiger partial charge on any atom is 0.306 e. The number of hydrogen-bond donors (Lipinski definition) is 2. The molecule has 1 aliphatic carbocycles. The van der Waals surface area contributed by atoms with Gasteiger partial charge in [-0.25, -0.2) is 0 Å². The minimum absolute atomic E-state index is 0.0370. The average molecular weight is 144 g/mol. The van der Waals surface area contributed by atoms with Crippen LogP contribution in [0.3, 0.4) is 0 Å². The summed E-state index contributed by atoms with van der Waals surface area (Å²) in [6.07, 6.45) is 0.624. The van der Waals surface area contributed by atoms with Gasteiger partial charge in [-0.1, -0.05) is 0 Å². The molecule has 3 nitrogen and oxygen atoms in total. The molecule has 1 aliphatic rings. The van der Waals surface area contributed by atoms with Crippen molar-refractivity contribution in [2.24, 2.45) is 11.8 Å². The molecule has 10 heavy (non-hydrogen) atoms. The molecule has 2 atom stereocenters. The Bertz CT molecular complexity index is 157. The number of carboxylic acids is 1. The molecule has 0 radical (unpaired) electrons. The Balaban J connectivity index is 2.46. The first-order valence-electron chi connectivity index (χ1n) is 3.38. The van der Waals surface area contributed by atoms with E-state index in [-0.39, 0.29) is 11.8 Å². The van der Waals surface area contributed by atoms with Crippen molar-refractivity contribution in [2.75, 3.05) is 0 Å². The molecule has 0 aromatic heterocycles. The van der Waals surface area contributed by atoms with Crippen molar-refractivity contribution in [3.8, 4) is 0 Å². The first-order valence-corrected chi connectivity index (χ1v) is 3.38. The molecule has 1 unspecified atom stereocenters. The summed E-state index contributed by atoms with van der Waals surface area (Å²) < 4.78 is 0. The van der Waals surface area contributed by atoms with Crippen LogP contribution in [0.2, 0.25) is 0 Å². The fourth-order valence-electron chi connectivity index (χ4n) is 1.25. The minimum atomic E-state index is -0.816. The van der Waals surface area contributed by atoms with Crippen molar-refractivity contribution >= 4 is 5.97 Å². The molecule has 3 heteroatoms. The Morgan fingerprint density at radius 1 is 1.60 bits per heavy atom. The molecule has 58 valence electrons. The van der Waals surface area contributed by atoms with E-state index in [1.54, 1.807) is 13.8 Å². The average Bonchev–Trinajstić information content (AvgIpc) is 2.35. The Morgan fingerprint density at radius 3 is 2.20 bits per heavy atom. The van der Waals surface area contributed by atoms with Crippen LogP contribution in [-0.4, -0.2) is 21.8 Å². The zero-order valence-electron chi connectivity index (χ0n) is 6.16. The zero-order valence-corrected chi connectivity index (χ0v) is 6.16. The molecule has 0 aromatic carbocycles. The van der Waals surface area contributed by atoms with Gasteiger partial charge in [0.15, 0.2) is 0 Å². The van der Waals surface area contributed by atoms with Crippen molar-refractivity contribution in [1.29, 1.82) is 0 Å². The number of aliphatic carboxylic acids is 1. The SMILES string of the molecule is CC(C)(O)C1C[C@H]1C(=O)O. The predicted octanol–water partition coefficient (Wildman–Crippen LogP) is 0.478. The number of rotatable bonds is 2. The fourth-order valence-corrected chi connectivity index (χ4v) is 1.25. The van der Waals surface area contributed by atoms with Crippen LogP contribution in [0.1, 0.15) is 20.3 Å². The van der Waals surface area contributed by atoms with Gasteiger partial charge in [0.25, 0.3) is 0 Å². The summed E-state index contributed by atoms with van der Waals surface area (Å²) in [6, 6.07) is 0. The highest BCUT2D eigenvalue weighted by Crippen LogP contribution is 2.46. The van der Waals surface area contributed by atoms with Crippen LogP contribution in [0.5, 0.6) is 0 Å². The Morgan fingerprint density at radius 2 is 2.10 bits per heavy atom. The Hall–Kier alpha value is -0.570. The van der Waals surface area contributed by atoms with E-state index >= 15 is 0 Å². The summed E-state index contributed by atoms with van der Waals surface area (Å²) >= 11 is 0. The van der Waals surface area contributed by atoms with Gasteiger partial charge >= 0.3 is 5.97 Å². The Labute approximate surface area is 59.7 Å². The molecular weight excluding hydrogens is 132 g/mol. The standard InChI is InChI=1S/C7H12O3/c1-7(2,10)5-3-4(5)6(8)9/h4-5,10H,3H2,1-2H3,(H,8,9)/t4-,5?/m1/s1. The quantitative estimate of drug-likeness (QED) is 0.592. The van der Waals surface area contributed by atoms with Crippen molar-refractivity contribution < 1.29 is 15.0 Å². The van der Waals surface area contributed by atoms with Crippen LogP contribution < -0.4 is 0 Å². The minimum Gasteiger partial charge on any atom is -0.481 e. The van der Waals surface area contributed by atoms with E-state index in [1.807, 2.05) is 0 Å². The molecule has 0 amide bonds. The summed E-state index contributed by atoms with van der Waals surface area (Å²) in [6.45, 7) is 3.31. The topological polar surface area (TPSA) is 57.5 Å². The highest BCUT2D eigenvalue weighted by atomic mass is 16.4. The number of hydrogen-bond acceptors (Lipinski definition) is 2. The first kappa shape index (κ1) is 7.54. The van der Waals surface area contributed by atoms with E-state index in [0.29, 0.717) is 6.42 Å². The van der Waals surface area contributed by atoms with Crippen LogP contribution in [0.25, 0.3) is 0 Å². The molecule has 0 spiro atoms. The molecule has 0 aliphatic heterocycles. The largest absolute Gasteiger partial charge is 0.481 e. The second-order valence-electron chi connectivity index (χ2n) is 3.44. The Kier molecular flexibility index (Phi) is 1.47. The van der Waals surface area contributed by atoms with Gasteiger partial charge in [-0.15, -0.1) is 0 Å². The van der Waals surface area contributed by atoms with Gasteiger partial charge in [0.2, 0.25) is 0 Å². The van der Waals surface area contributed by atoms with Crippen LogP contribution >= 0.6 is 0 Å². The van der Waals surface area contributed by atoms with E-state index in [9.17, 15) is 9.90 Å². The molecule has 0 saturated heterocycles. The van der Waals surface area contributed by atoms with Gasteiger partial charge in [0, 0.05) is 5.92 Å². The second-order valence-corrected chi connectivity index (χ2v) is 3.44. The lowest BCUT2D eigenvalue weighted by Crippen LogP contribution is -2.24. The van der Waals surface area contributed by atoms with Crippen LogP contribution in [0.15, 0.2) is 0 Å². The lowest BCUT2D eigenvalue weighted by molar-refractivity contribution is -0.139. The molecule has 0 aromatic rings. The zero-order chi connectivity index (χ0) is 7.94. The second kappa shape index (κ2) is 1.95. The molecule has 2 N–H and O–H groups in total. The highest BCUT2D eigenvalue weighted by molar-refractivity contribution is 5.73. The van der Waals surface area contributed by atoms with E-state index in [0.717, 1.165) is 0 Å². The summed E-state index contributed by atoms with van der Waals surface area (Å²) in [4.78, 5) is 10.3. The van der Waals surface area contributed by atoms with Crippen molar-refractivity contribution in [3.05, 3.63) is 0 Å². The monoisotopic (exact) mass is 144 g/mol. The molecule has 1 saturated carbocycles. The lowest BCUT2D eigenvalue weighted by Gasteiger charge is -2.15. The van der Waals surface area contributed by atoms with Crippen LogP contribution in [0.4, 0.5) is 0 Å². The van der Waals surface area contributed by atoms with E-state index in [2.05, 4.69) is 0 Å². The van der Waals surface area contributed by atoms with Gasteiger partial charge in [-0.05, 0) is 20.3 Å². The predicted molar refractivity (Wildman–Crippen MR) is 35.5 cm³/mol. The fraction of sp³-hybridized carbons (Fsp3) is 0.857. The first-order chi connectivity index (χ1) is 4.43. The van der Waals surface area contributed by atoms with Gasteiger partial charge in [-0.2, -0.15) is 0 Å². The normalized spacial score (nSPS) is 31.9. The maximum atomic E-state index is 10.3. The third-order valence-corrected chi connectivity index (χ3v) is 2.02. The maximum absolute atomic E-state index is 10.3. The van der Waals surface area contributed by atoms with Crippen molar-refractivity contribution in [3.63, 3.8) is 0 Å². The van der Waals surface area contributed by atoms with Gasteiger partial charge in [-0.3, -0.25) is 4.79 Å². The van der Waals surface area contributed by atoms with E-state index in [4.69, 9.17) is 5.11 Å². The molecule has 1 rings (SSSR count). The number of aliphatic hydroxyl groups is 1. The summed E-state index contributed by atoms with van der Waals surface area (Å²) in [5.74, 6) is -1.13. The molecule has 0 bridgehead atoms. The molecular formula is C7H12O3. The third kappa shape index (κ3) is 1.29. The summed E-state index contributed by atoms with van der Waals surface area (Å²) in [5.41, 5.74) is -0.816. The summed E-state index contributed by atoms with van der Waals surface area (Å²) in [7, 11) is 0. The van der Waals surface area contributed by atoms with Crippen LogP contribution in [0, 0.1) is 11.8 Å². The van der Waals surface area contributed by atoms with E-state index in [1.165, 1.54) is 0 Å². The number of carboxylic acid groups (broad SMARTS) is 1. The third-order valence-electron chi connectivity index (χ3n) is 2.02. The van der Waals surface area contributed by atoms with Gasteiger partial charge in [0.05, 0.1) is 11.5 Å². The van der Waals surface area contributed by atoms with Crippen molar-refractivity contribution in [1.82, 2.24) is 0 Å². The van der Waals surface area contributed by atoms with Gasteiger partial charge < -0.3 is 10.2 Å². The smallest absolute Gasteiger partial charge is 0.306 e.